The average Bonchev–Trinajstić information content (AvgIpc) is 2.76. The molecule has 2 heterocycles. The van der Waals surface area contributed by atoms with Crippen LogP contribution in [0.15, 0.2) is 16.5 Å². The van der Waals surface area contributed by atoms with Gasteiger partial charge in [0, 0.05) is 13.1 Å². The van der Waals surface area contributed by atoms with Gasteiger partial charge in [-0.1, -0.05) is 13.8 Å². The summed E-state index contributed by atoms with van der Waals surface area (Å²) in [6, 6.07) is 4.17. The minimum Gasteiger partial charge on any atom is -0.463 e. The highest BCUT2D eigenvalue weighted by molar-refractivity contribution is 5.07. The monoisotopic (exact) mass is 266 g/mol. The summed E-state index contributed by atoms with van der Waals surface area (Å²) in [6.45, 7) is 12.1. The van der Waals surface area contributed by atoms with Crippen LogP contribution in [0, 0.1) is 5.92 Å². The Kier molecular flexibility index (Phi) is 5.43. The van der Waals surface area contributed by atoms with Crippen LogP contribution >= 0.6 is 0 Å². The van der Waals surface area contributed by atoms with Crippen LogP contribution in [0.2, 0.25) is 0 Å². The zero-order valence-corrected chi connectivity index (χ0v) is 12.3. The van der Waals surface area contributed by atoms with Gasteiger partial charge in [0.15, 0.2) is 0 Å². The second-order valence-electron chi connectivity index (χ2n) is 5.81. The Morgan fingerprint density at radius 2 is 2.16 bits per heavy atom. The van der Waals surface area contributed by atoms with Crippen molar-refractivity contribution in [1.82, 2.24) is 10.2 Å². The zero-order valence-electron chi connectivity index (χ0n) is 12.3. The second-order valence-corrected chi connectivity index (χ2v) is 5.81. The van der Waals surface area contributed by atoms with Gasteiger partial charge in [0.2, 0.25) is 0 Å². The van der Waals surface area contributed by atoms with E-state index in [9.17, 15) is 0 Å². The fourth-order valence-corrected chi connectivity index (χ4v) is 2.34. The summed E-state index contributed by atoms with van der Waals surface area (Å²) in [4.78, 5) is 2.39. The second kappa shape index (κ2) is 7.08. The van der Waals surface area contributed by atoms with E-state index in [2.05, 4.69) is 43.1 Å². The number of furan rings is 1. The summed E-state index contributed by atoms with van der Waals surface area (Å²) in [5.74, 6) is 2.75. The molecule has 2 rings (SSSR count). The molecule has 108 valence electrons. The van der Waals surface area contributed by atoms with Gasteiger partial charge in [0.25, 0.3) is 0 Å². The van der Waals surface area contributed by atoms with E-state index in [0.717, 1.165) is 50.9 Å². The first-order chi connectivity index (χ1) is 9.13. The van der Waals surface area contributed by atoms with Gasteiger partial charge in [-0.2, -0.15) is 0 Å². The van der Waals surface area contributed by atoms with Crippen LogP contribution in [-0.2, 0) is 17.8 Å². The maximum absolute atomic E-state index is 5.86. The molecule has 1 N–H and O–H groups in total. The molecule has 1 saturated heterocycles. The molecule has 1 fully saturated rings. The van der Waals surface area contributed by atoms with Crippen molar-refractivity contribution in [3.63, 3.8) is 0 Å². The molecule has 1 aliphatic heterocycles. The van der Waals surface area contributed by atoms with Crippen molar-refractivity contribution in [1.29, 1.82) is 0 Å². The molecule has 1 aromatic rings. The predicted molar refractivity (Wildman–Crippen MR) is 75.9 cm³/mol. The molecule has 0 saturated carbocycles. The van der Waals surface area contributed by atoms with Crippen LogP contribution in [0.3, 0.4) is 0 Å². The van der Waals surface area contributed by atoms with Crippen molar-refractivity contribution in [2.24, 2.45) is 5.92 Å². The lowest BCUT2D eigenvalue weighted by atomic mass is 10.2. The number of hydrogen-bond donors (Lipinski definition) is 1. The van der Waals surface area contributed by atoms with Gasteiger partial charge in [0.1, 0.15) is 11.5 Å². The fourth-order valence-electron chi connectivity index (χ4n) is 2.34. The Hall–Kier alpha value is -0.840. The van der Waals surface area contributed by atoms with Gasteiger partial charge < -0.3 is 14.5 Å². The van der Waals surface area contributed by atoms with E-state index < -0.39 is 0 Å². The molecular weight excluding hydrogens is 240 g/mol. The fraction of sp³-hybridized carbons (Fsp3) is 0.733. The molecule has 1 atom stereocenters. The lowest BCUT2D eigenvalue weighted by Crippen LogP contribution is -2.40. The summed E-state index contributed by atoms with van der Waals surface area (Å²) >= 11 is 0. The van der Waals surface area contributed by atoms with E-state index in [4.69, 9.17) is 9.15 Å². The van der Waals surface area contributed by atoms with E-state index in [-0.39, 0.29) is 0 Å². The van der Waals surface area contributed by atoms with Crippen LogP contribution in [0.1, 0.15) is 32.3 Å². The van der Waals surface area contributed by atoms with Crippen LogP contribution in [-0.4, -0.2) is 37.2 Å². The topological polar surface area (TPSA) is 37.6 Å². The molecule has 0 radical (unpaired) electrons. The quantitative estimate of drug-likeness (QED) is 0.857. The largest absolute Gasteiger partial charge is 0.463 e. The van der Waals surface area contributed by atoms with E-state index in [0.29, 0.717) is 12.0 Å². The molecular formula is C15H26N2O2. The normalized spacial score (nSPS) is 21.2. The van der Waals surface area contributed by atoms with Crippen LogP contribution in [0.5, 0.6) is 0 Å². The minimum absolute atomic E-state index is 0.330. The Labute approximate surface area is 116 Å². The number of hydrogen-bond acceptors (Lipinski definition) is 4. The number of morpholine rings is 1. The van der Waals surface area contributed by atoms with E-state index in [1.54, 1.807) is 0 Å². The third-order valence-corrected chi connectivity index (χ3v) is 3.27. The maximum Gasteiger partial charge on any atom is 0.118 e. The van der Waals surface area contributed by atoms with Crippen LogP contribution < -0.4 is 5.32 Å². The van der Waals surface area contributed by atoms with Gasteiger partial charge >= 0.3 is 0 Å². The highest BCUT2D eigenvalue weighted by atomic mass is 16.5. The zero-order chi connectivity index (χ0) is 13.7. The Bertz CT molecular complexity index is 376. The van der Waals surface area contributed by atoms with Crippen molar-refractivity contribution in [2.45, 2.75) is 40.0 Å². The van der Waals surface area contributed by atoms with Gasteiger partial charge in [-0.05, 0) is 31.5 Å². The molecule has 0 aliphatic carbocycles. The number of nitrogens with zero attached hydrogens (tertiary/aromatic N) is 1. The number of nitrogens with one attached hydrogen (secondary N) is 1. The third-order valence-electron chi connectivity index (χ3n) is 3.27. The van der Waals surface area contributed by atoms with Gasteiger partial charge in [0.05, 0.1) is 25.8 Å². The van der Waals surface area contributed by atoms with E-state index in [1.807, 2.05) is 0 Å². The summed E-state index contributed by atoms with van der Waals surface area (Å²) in [6.07, 6.45) is 0.330. The smallest absolute Gasteiger partial charge is 0.118 e. The molecule has 19 heavy (non-hydrogen) atoms. The lowest BCUT2D eigenvalue weighted by molar-refractivity contribution is -0.0231. The minimum atomic E-state index is 0.330. The molecule has 4 heteroatoms. The summed E-state index contributed by atoms with van der Waals surface area (Å²) in [5.41, 5.74) is 0. The SMILES string of the molecule is CC(C)CNCc1ccc(CN2CCOC(C)C2)o1. The molecule has 4 nitrogen and oxygen atoms in total. The standard InChI is InChI=1S/C15H26N2O2/c1-12(2)8-16-9-14-4-5-15(19-14)11-17-6-7-18-13(3)10-17/h4-5,12-13,16H,6-11H2,1-3H3. The first kappa shape index (κ1) is 14.6. The van der Waals surface area contributed by atoms with Gasteiger partial charge in [-0.25, -0.2) is 0 Å². The lowest BCUT2D eigenvalue weighted by Gasteiger charge is -2.30. The highest BCUT2D eigenvalue weighted by Gasteiger charge is 2.17. The maximum atomic E-state index is 5.86. The number of ether oxygens (including phenoxy) is 1. The molecule has 1 aromatic heterocycles. The summed E-state index contributed by atoms with van der Waals surface area (Å²) in [5, 5.41) is 3.40. The molecule has 1 aliphatic rings. The van der Waals surface area contributed by atoms with Crippen molar-refractivity contribution >= 4 is 0 Å². The molecule has 1 unspecified atom stereocenters. The van der Waals surface area contributed by atoms with E-state index >= 15 is 0 Å². The molecule has 0 aromatic carbocycles. The highest BCUT2D eigenvalue weighted by Crippen LogP contribution is 2.13. The van der Waals surface area contributed by atoms with Crippen molar-refractivity contribution in [3.8, 4) is 0 Å². The van der Waals surface area contributed by atoms with Crippen molar-refractivity contribution < 1.29 is 9.15 Å². The number of rotatable bonds is 6. The Balaban J connectivity index is 1.77. The van der Waals surface area contributed by atoms with E-state index in [1.165, 1.54) is 0 Å². The molecule has 0 amide bonds. The van der Waals surface area contributed by atoms with Crippen LogP contribution in [0.25, 0.3) is 0 Å². The van der Waals surface area contributed by atoms with Crippen molar-refractivity contribution in [2.75, 3.05) is 26.2 Å². The molecule has 0 bridgehead atoms. The molecule has 0 spiro atoms. The van der Waals surface area contributed by atoms with Crippen LogP contribution in [0.4, 0.5) is 0 Å². The summed E-state index contributed by atoms with van der Waals surface area (Å²) in [7, 11) is 0. The Morgan fingerprint density at radius 1 is 1.37 bits per heavy atom. The first-order valence-electron chi connectivity index (χ1n) is 7.25. The first-order valence-corrected chi connectivity index (χ1v) is 7.25. The summed E-state index contributed by atoms with van der Waals surface area (Å²) < 4.78 is 11.4. The predicted octanol–water partition coefficient (Wildman–Crippen LogP) is 2.25. The van der Waals surface area contributed by atoms with Gasteiger partial charge in [-0.3, -0.25) is 4.90 Å². The third kappa shape index (κ3) is 4.97. The van der Waals surface area contributed by atoms with Crippen molar-refractivity contribution in [3.05, 3.63) is 23.7 Å². The van der Waals surface area contributed by atoms with Gasteiger partial charge in [-0.15, -0.1) is 0 Å². The average molecular weight is 266 g/mol. The Morgan fingerprint density at radius 3 is 2.89 bits per heavy atom.